The lowest BCUT2D eigenvalue weighted by Crippen LogP contribution is -1.96. The summed E-state index contributed by atoms with van der Waals surface area (Å²) in [5.74, 6) is 0. The van der Waals surface area contributed by atoms with Gasteiger partial charge in [-0.3, -0.25) is 10.1 Å². The van der Waals surface area contributed by atoms with Crippen LogP contribution in [0.15, 0.2) is 47.2 Å². The van der Waals surface area contributed by atoms with Crippen molar-refractivity contribution >= 4 is 17.4 Å². The lowest BCUT2D eigenvalue weighted by Gasteiger charge is -2.04. The van der Waals surface area contributed by atoms with E-state index in [1.807, 2.05) is 6.07 Å². The first-order valence-corrected chi connectivity index (χ1v) is 6.32. The molecule has 0 radical (unpaired) electrons. The molecule has 20 heavy (non-hydrogen) atoms. The Bertz CT molecular complexity index is 704. The fraction of sp³-hybridized carbons (Fsp3) is 0.0833. The van der Waals surface area contributed by atoms with Gasteiger partial charge >= 0.3 is 0 Å². The molecule has 0 spiro atoms. The summed E-state index contributed by atoms with van der Waals surface area (Å²) in [4.78, 5) is 10.8. The first-order valence-electron chi connectivity index (χ1n) is 5.50. The van der Waals surface area contributed by atoms with Crippen molar-refractivity contribution in [3.05, 3.63) is 52.9 Å². The predicted molar refractivity (Wildman–Crippen MR) is 72.2 cm³/mol. The number of nitrogens with zero attached hydrogens (tertiary/aromatic N) is 5. The van der Waals surface area contributed by atoms with Crippen molar-refractivity contribution < 1.29 is 4.92 Å². The molecule has 8 heteroatoms. The van der Waals surface area contributed by atoms with Crippen molar-refractivity contribution in [3.63, 3.8) is 0 Å². The molecule has 0 aliphatic heterocycles. The van der Waals surface area contributed by atoms with Gasteiger partial charge in [0.25, 0.3) is 5.69 Å². The van der Waals surface area contributed by atoms with Crippen molar-refractivity contribution in [3.8, 4) is 6.07 Å². The molecular formula is C12H9N5O2S. The van der Waals surface area contributed by atoms with E-state index in [9.17, 15) is 10.1 Å². The van der Waals surface area contributed by atoms with Crippen molar-refractivity contribution in [1.29, 1.82) is 5.26 Å². The van der Waals surface area contributed by atoms with Crippen molar-refractivity contribution in [2.45, 2.75) is 16.6 Å². The predicted octanol–water partition coefficient (Wildman–Crippen LogP) is 2.40. The second kappa shape index (κ2) is 5.99. The van der Waals surface area contributed by atoms with Crippen LogP contribution in [-0.4, -0.2) is 19.7 Å². The van der Waals surface area contributed by atoms with Crippen LogP contribution >= 0.6 is 11.8 Å². The monoisotopic (exact) mass is 287 g/mol. The van der Waals surface area contributed by atoms with Gasteiger partial charge in [-0.05, 0) is 17.8 Å². The van der Waals surface area contributed by atoms with E-state index in [0.717, 1.165) is 0 Å². The maximum Gasteiger partial charge on any atom is 0.270 e. The Morgan fingerprint density at radius 1 is 1.60 bits per heavy atom. The minimum Gasteiger partial charge on any atom is -0.304 e. The van der Waals surface area contributed by atoms with E-state index in [1.54, 1.807) is 17.0 Å². The Kier molecular flexibility index (Phi) is 4.12. The average Bonchev–Trinajstić information content (AvgIpc) is 2.87. The molecule has 0 saturated carbocycles. The van der Waals surface area contributed by atoms with Crippen LogP contribution in [0, 0.1) is 21.4 Å². The normalized spacial score (nSPS) is 9.95. The zero-order valence-electron chi connectivity index (χ0n) is 10.3. The second-order valence-corrected chi connectivity index (χ2v) is 4.72. The van der Waals surface area contributed by atoms with E-state index in [1.165, 1.54) is 30.0 Å². The highest BCUT2D eigenvalue weighted by atomic mass is 32.2. The van der Waals surface area contributed by atoms with Gasteiger partial charge in [0.05, 0.1) is 10.5 Å². The molecule has 1 aromatic carbocycles. The molecule has 2 rings (SSSR count). The number of hydrogen-bond acceptors (Lipinski definition) is 6. The van der Waals surface area contributed by atoms with Gasteiger partial charge in [0.1, 0.15) is 12.4 Å². The molecule has 0 aliphatic rings. The number of aromatic nitrogens is 3. The van der Waals surface area contributed by atoms with Gasteiger partial charge in [0.15, 0.2) is 5.16 Å². The topological polar surface area (TPSA) is 97.6 Å². The fourth-order valence-electron chi connectivity index (χ4n) is 1.49. The Labute approximate surface area is 118 Å². The SMILES string of the molecule is C=CCn1cnnc1Sc1ccc([N+](=O)[O-])cc1C#N. The van der Waals surface area contributed by atoms with Crippen LogP contribution in [0.25, 0.3) is 0 Å². The van der Waals surface area contributed by atoms with Crippen molar-refractivity contribution in [1.82, 2.24) is 14.8 Å². The van der Waals surface area contributed by atoms with Gasteiger partial charge in [0, 0.05) is 23.6 Å². The highest BCUT2D eigenvalue weighted by Crippen LogP contribution is 2.30. The van der Waals surface area contributed by atoms with Crippen LogP contribution < -0.4 is 0 Å². The van der Waals surface area contributed by atoms with Gasteiger partial charge in [-0.25, -0.2) is 0 Å². The highest BCUT2D eigenvalue weighted by Gasteiger charge is 2.14. The van der Waals surface area contributed by atoms with Crippen LogP contribution in [0.2, 0.25) is 0 Å². The van der Waals surface area contributed by atoms with E-state index in [2.05, 4.69) is 16.8 Å². The molecule has 0 fully saturated rings. The summed E-state index contributed by atoms with van der Waals surface area (Å²) in [5.41, 5.74) is 0.121. The van der Waals surface area contributed by atoms with E-state index in [0.29, 0.717) is 16.6 Å². The minimum absolute atomic E-state index is 0.113. The molecule has 2 aromatic rings. The maximum atomic E-state index is 10.7. The Hall–Kier alpha value is -2.66. The van der Waals surface area contributed by atoms with Gasteiger partial charge in [-0.2, -0.15) is 5.26 Å². The quantitative estimate of drug-likeness (QED) is 0.475. The summed E-state index contributed by atoms with van der Waals surface area (Å²) in [6, 6.07) is 6.09. The standard InChI is InChI=1S/C12H9N5O2S/c1-2-5-16-8-14-15-12(16)20-11-4-3-10(17(18)19)6-9(11)7-13/h2-4,6,8H,1,5H2. The summed E-state index contributed by atoms with van der Waals surface area (Å²) < 4.78 is 1.76. The maximum absolute atomic E-state index is 10.7. The van der Waals surface area contributed by atoms with E-state index >= 15 is 0 Å². The summed E-state index contributed by atoms with van der Waals surface area (Å²) >= 11 is 1.23. The minimum atomic E-state index is -0.532. The number of hydrogen-bond donors (Lipinski definition) is 0. The molecule has 1 aromatic heterocycles. The number of rotatable bonds is 5. The Morgan fingerprint density at radius 2 is 2.40 bits per heavy atom. The Morgan fingerprint density at radius 3 is 3.05 bits per heavy atom. The molecule has 0 unspecified atom stereocenters. The summed E-state index contributed by atoms with van der Waals surface area (Å²) in [6.45, 7) is 4.18. The number of nitro benzene ring substituents is 1. The molecule has 1 heterocycles. The number of nitriles is 1. The van der Waals surface area contributed by atoms with E-state index in [-0.39, 0.29) is 11.3 Å². The molecule has 7 nitrogen and oxygen atoms in total. The molecule has 0 N–H and O–H groups in total. The zero-order valence-corrected chi connectivity index (χ0v) is 11.1. The van der Waals surface area contributed by atoms with Crippen molar-refractivity contribution in [2.24, 2.45) is 0 Å². The van der Waals surface area contributed by atoms with Crippen LogP contribution in [0.5, 0.6) is 0 Å². The van der Waals surface area contributed by atoms with Crippen LogP contribution in [0.3, 0.4) is 0 Å². The molecule has 0 aliphatic carbocycles. The lowest BCUT2D eigenvalue weighted by molar-refractivity contribution is -0.384. The first-order chi connectivity index (χ1) is 9.65. The molecule has 0 saturated heterocycles. The molecule has 100 valence electrons. The van der Waals surface area contributed by atoms with Gasteiger partial charge < -0.3 is 4.57 Å². The van der Waals surface area contributed by atoms with Crippen LogP contribution in [0.1, 0.15) is 5.56 Å². The van der Waals surface area contributed by atoms with Gasteiger partial charge in [-0.1, -0.05) is 6.08 Å². The zero-order chi connectivity index (χ0) is 14.5. The molecule has 0 amide bonds. The highest BCUT2D eigenvalue weighted by molar-refractivity contribution is 7.99. The van der Waals surface area contributed by atoms with Crippen molar-refractivity contribution in [2.75, 3.05) is 0 Å². The lowest BCUT2D eigenvalue weighted by atomic mass is 10.2. The van der Waals surface area contributed by atoms with E-state index < -0.39 is 4.92 Å². The smallest absolute Gasteiger partial charge is 0.270 e. The third-order valence-electron chi connectivity index (χ3n) is 2.40. The van der Waals surface area contributed by atoms with E-state index in [4.69, 9.17) is 5.26 Å². The first kappa shape index (κ1) is 13.8. The van der Waals surface area contributed by atoms with Gasteiger partial charge in [0.2, 0.25) is 0 Å². The van der Waals surface area contributed by atoms with Crippen LogP contribution in [-0.2, 0) is 6.54 Å². The third kappa shape index (κ3) is 2.84. The van der Waals surface area contributed by atoms with Crippen LogP contribution in [0.4, 0.5) is 5.69 Å². The average molecular weight is 287 g/mol. The number of non-ortho nitro benzene ring substituents is 1. The van der Waals surface area contributed by atoms with Gasteiger partial charge in [-0.15, -0.1) is 16.8 Å². The summed E-state index contributed by atoms with van der Waals surface area (Å²) in [5, 5.41) is 28.1. The largest absolute Gasteiger partial charge is 0.304 e. The number of allylic oxidation sites excluding steroid dienone is 1. The molecule has 0 atom stereocenters. The fourth-order valence-corrected chi connectivity index (χ4v) is 2.37. The number of nitro groups is 1. The Balaban J connectivity index is 2.34. The second-order valence-electron chi connectivity index (χ2n) is 3.71. The summed E-state index contributed by atoms with van der Waals surface area (Å²) in [6.07, 6.45) is 3.26. The molecular weight excluding hydrogens is 278 g/mol. The molecule has 0 bridgehead atoms. The summed E-state index contributed by atoms with van der Waals surface area (Å²) in [7, 11) is 0. The third-order valence-corrected chi connectivity index (χ3v) is 3.48. The number of benzene rings is 1.